The highest BCUT2D eigenvalue weighted by Crippen LogP contribution is 2.15. The van der Waals surface area contributed by atoms with Gasteiger partial charge in [-0.3, -0.25) is 9.36 Å². The molecular weight excluding hydrogens is 372 g/mol. The molecule has 8 heteroatoms. The van der Waals surface area contributed by atoms with Crippen molar-refractivity contribution >= 4 is 17.6 Å². The van der Waals surface area contributed by atoms with Gasteiger partial charge in [-0.2, -0.15) is 5.26 Å². The molecule has 146 valence electrons. The average Bonchev–Trinajstić information content (AvgIpc) is 3.06. The maximum atomic E-state index is 12.3. The van der Waals surface area contributed by atoms with Crippen molar-refractivity contribution in [3.8, 4) is 11.8 Å². The lowest BCUT2D eigenvalue weighted by atomic mass is 10.2. The van der Waals surface area contributed by atoms with Crippen LogP contribution in [0.3, 0.4) is 0 Å². The van der Waals surface area contributed by atoms with E-state index in [-0.39, 0.29) is 11.3 Å². The Morgan fingerprint density at radius 2 is 1.86 bits per heavy atom. The summed E-state index contributed by atoms with van der Waals surface area (Å²) in [6.07, 6.45) is 0.526. The van der Waals surface area contributed by atoms with Gasteiger partial charge in [0.05, 0.1) is 22.5 Å². The number of rotatable bonds is 5. The van der Waals surface area contributed by atoms with Crippen LogP contribution in [0.2, 0.25) is 0 Å². The molecule has 3 aromatic rings. The average molecular weight is 390 g/mol. The predicted octanol–water partition coefficient (Wildman–Crippen LogP) is 2.53. The summed E-state index contributed by atoms with van der Waals surface area (Å²) < 4.78 is 6.68. The first kappa shape index (κ1) is 19.6. The molecule has 0 aliphatic carbocycles. The number of hydrogen-bond acceptors (Lipinski definition) is 5. The van der Waals surface area contributed by atoms with Gasteiger partial charge in [-0.1, -0.05) is 12.1 Å². The predicted molar refractivity (Wildman–Crippen MR) is 106 cm³/mol. The number of ether oxygens (including phenoxy) is 1. The van der Waals surface area contributed by atoms with E-state index in [4.69, 9.17) is 10.00 Å². The number of carbonyl (C=O) groups excluding carboxylic acids is 2. The minimum absolute atomic E-state index is 0.243. The van der Waals surface area contributed by atoms with Crippen LogP contribution >= 0.6 is 0 Å². The van der Waals surface area contributed by atoms with Crippen molar-refractivity contribution in [2.24, 2.45) is 0 Å². The molecular formula is C21H18N4O4. The lowest BCUT2D eigenvalue weighted by Crippen LogP contribution is -2.30. The van der Waals surface area contributed by atoms with Crippen molar-refractivity contribution < 1.29 is 14.3 Å². The van der Waals surface area contributed by atoms with Crippen molar-refractivity contribution in [3.05, 3.63) is 82.0 Å². The number of esters is 1. The van der Waals surface area contributed by atoms with Gasteiger partial charge in [0.15, 0.2) is 6.10 Å². The standard InChI is InChI=1S/C21H18N4O4/c1-13-12-23-21(28)25(13)17-9-7-15(8-10-17)20(27)29-14(2)19(26)24-18-6-4-3-5-16(18)11-22/h3-10,12,14H,1-2H3,(H,23,28)(H,24,26)/t14-/m0/s1. The van der Waals surface area contributed by atoms with Crippen LogP contribution in [-0.4, -0.2) is 27.5 Å². The summed E-state index contributed by atoms with van der Waals surface area (Å²) in [6.45, 7) is 3.23. The van der Waals surface area contributed by atoms with E-state index < -0.39 is 18.0 Å². The first-order valence-corrected chi connectivity index (χ1v) is 8.79. The van der Waals surface area contributed by atoms with Crippen LogP contribution < -0.4 is 11.0 Å². The number of aryl methyl sites for hydroxylation is 1. The Bertz CT molecular complexity index is 1150. The van der Waals surface area contributed by atoms with E-state index >= 15 is 0 Å². The summed E-state index contributed by atoms with van der Waals surface area (Å²) >= 11 is 0. The van der Waals surface area contributed by atoms with Gasteiger partial charge < -0.3 is 15.0 Å². The molecule has 0 radical (unpaired) electrons. The van der Waals surface area contributed by atoms with Gasteiger partial charge in [-0.15, -0.1) is 0 Å². The fourth-order valence-electron chi connectivity index (χ4n) is 2.73. The lowest BCUT2D eigenvalue weighted by molar-refractivity contribution is -0.123. The number of aromatic nitrogens is 2. The van der Waals surface area contributed by atoms with Gasteiger partial charge in [0.1, 0.15) is 6.07 Å². The first-order chi connectivity index (χ1) is 13.9. The maximum absolute atomic E-state index is 12.3. The van der Waals surface area contributed by atoms with Crippen LogP contribution in [-0.2, 0) is 9.53 Å². The maximum Gasteiger partial charge on any atom is 0.338 e. The number of amides is 1. The number of aromatic amines is 1. The van der Waals surface area contributed by atoms with Crippen LogP contribution in [0.25, 0.3) is 5.69 Å². The van der Waals surface area contributed by atoms with E-state index in [1.807, 2.05) is 6.07 Å². The number of nitriles is 1. The largest absolute Gasteiger partial charge is 0.449 e. The second-order valence-corrected chi connectivity index (χ2v) is 6.31. The van der Waals surface area contributed by atoms with Crippen LogP contribution in [0.4, 0.5) is 5.69 Å². The number of benzene rings is 2. The van der Waals surface area contributed by atoms with E-state index in [1.165, 1.54) is 23.6 Å². The molecule has 29 heavy (non-hydrogen) atoms. The second kappa shape index (κ2) is 8.27. The molecule has 1 atom stereocenters. The summed E-state index contributed by atoms with van der Waals surface area (Å²) in [5.74, 6) is -1.22. The molecule has 0 saturated heterocycles. The van der Waals surface area contributed by atoms with Gasteiger partial charge >= 0.3 is 11.7 Å². The zero-order valence-corrected chi connectivity index (χ0v) is 15.8. The van der Waals surface area contributed by atoms with Crippen molar-refractivity contribution in [2.75, 3.05) is 5.32 Å². The zero-order valence-electron chi connectivity index (χ0n) is 15.8. The highest BCUT2D eigenvalue weighted by molar-refractivity contribution is 5.98. The second-order valence-electron chi connectivity index (χ2n) is 6.31. The van der Waals surface area contributed by atoms with E-state index in [9.17, 15) is 14.4 Å². The van der Waals surface area contributed by atoms with E-state index in [0.717, 1.165) is 5.69 Å². The Morgan fingerprint density at radius 3 is 2.48 bits per heavy atom. The normalized spacial score (nSPS) is 11.3. The summed E-state index contributed by atoms with van der Waals surface area (Å²) in [6, 6.07) is 14.8. The number of para-hydroxylation sites is 1. The Labute approximate surface area is 166 Å². The number of nitrogens with one attached hydrogen (secondary N) is 2. The highest BCUT2D eigenvalue weighted by Gasteiger charge is 2.20. The highest BCUT2D eigenvalue weighted by atomic mass is 16.5. The molecule has 1 amide bonds. The Morgan fingerprint density at radius 1 is 1.17 bits per heavy atom. The van der Waals surface area contributed by atoms with Crippen LogP contribution in [0.5, 0.6) is 0 Å². The molecule has 0 aliphatic rings. The molecule has 2 N–H and O–H groups in total. The van der Waals surface area contributed by atoms with E-state index in [1.54, 1.807) is 49.5 Å². The first-order valence-electron chi connectivity index (χ1n) is 8.79. The molecule has 0 fully saturated rings. The van der Waals surface area contributed by atoms with Crippen molar-refractivity contribution in [3.63, 3.8) is 0 Å². The van der Waals surface area contributed by atoms with Crippen molar-refractivity contribution in [2.45, 2.75) is 20.0 Å². The number of carbonyl (C=O) groups is 2. The van der Waals surface area contributed by atoms with Gasteiger partial charge in [0, 0.05) is 11.9 Å². The third-order valence-corrected chi connectivity index (χ3v) is 4.28. The minimum atomic E-state index is -1.07. The molecule has 1 aromatic heterocycles. The summed E-state index contributed by atoms with van der Waals surface area (Å²) in [5, 5.41) is 11.7. The molecule has 0 unspecified atom stereocenters. The lowest BCUT2D eigenvalue weighted by Gasteiger charge is -2.14. The molecule has 0 spiro atoms. The summed E-state index contributed by atoms with van der Waals surface area (Å²) in [5.41, 5.74) is 1.95. The third-order valence-electron chi connectivity index (χ3n) is 4.28. The number of H-pyrrole nitrogens is 1. The van der Waals surface area contributed by atoms with Gasteiger partial charge in [0.25, 0.3) is 5.91 Å². The SMILES string of the molecule is Cc1c[nH]c(=O)n1-c1ccc(C(=O)O[C@@H](C)C(=O)Nc2ccccc2C#N)cc1. The van der Waals surface area contributed by atoms with E-state index in [2.05, 4.69) is 10.3 Å². The van der Waals surface area contributed by atoms with Gasteiger partial charge in [-0.25, -0.2) is 9.59 Å². The number of nitrogens with zero attached hydrogens (tertiary/aromatic N) is 2. The Hall–Kier alpha value is -4.12. The molecule has 1 heterocycles. The van der Waals surface area contributed by atoms with Gasteiger partial charge in [0.2, 0.25) is 0 Å². The van der Waals surface area contributed by atoms with Gasteiger partial charge in [-0.05, 0) is 50.2 Å². The third kappa shape index (κ3) is 4.25. The summed E-state index contributed by atoms with van der Waals surface area (Å²) in [4.78, 5) is 39.0. The molecule has 3 rings (SSSR count). The van der Waals surface area contributed by atoms with Crippen molar-refractivity contribution in [1.82, 2.24) is 9.55 Å². The molecule has 0 bridgehead atoms. The summed E-state index contributed by atoms with van der Waals surface area (Å²) in [7, 11) is 0. The number of hydrogen-bond donors (Lipinski definition) is 2. The Balaban J connectivity index is 1.67. The van der Waals surface area contributed by atoms with Crippen molar-refractivity contribution in [1.29, 1.82) is 5.26 Å². The monoisotopic (exact) mass is 390 g/mol. The topological polar surface area (TPSA) is 117 Å². The van der Waals surface area contributed by atoms with E-state index in [0.29, 0.717) is 16.9 Å². The van der Waals surface area contributed by atoms with Crippen LogP contribution in [0, 0.1) is 18.3 Å². The zero-order chi connectivity index (χ0) is 21.0. The number of anilines is 1. The molecule has 8 nitrogen and oxygen atoms in total. The number of imidazole rings is 1. The van der Waals surface area contributed by atoms with Crippen LogP contribution in [0.1, 0.15) is 28.5 Å². The minimum Gasteiger partial charge on any atom is -0.449 e. The fourth-order valence-corrected chi connectivity index (χ4v) is 2.73. The Kier molecular flexibility index (Phi) is 5.60. The fraction of sp³-hybridized carbons (Fsp3) is 0.143. The molecule has 2 aromatic carbocycles. The smallest absolute Gasteiger partial charge is 0.338 e. The quantitative estimate of drug-likeness (QED) is 0.649. The van der Waals surface area contributed by atoms with Crippen LogP contribution in [0.15, 0.2) is 59.5 Å². The molecule has 0 aliphatic heterocycles. The molecule has 0 saturated carbocycles.